The van der Waals surface area contributed by atoms with Crippen LogP contribution in [0.1, 0.15) is 11.1 Å². The third-order valence-electron chi connectivity index (χ3n) is 3.78. The zero-order valence-electron chi connectivity index (χ0n) is 11.3. The van der Waals surface area contributed by atoms with Gasteiger partial charge in [0.2, 0.25) is 0 Å². The lowest BCUT2D eigenvalue weighted by atomic mass is 10.0. The number of fused-ring (bicyclic) bond motifs is 3. The van der Waals surface area contributed by atoms with Crippen molar-refractivity contribution in [3.63, 3.8) is 0 Å². The molecule has 2 unspecified atom stereocenters. The predicted molar refractivity (Wildman–Crippen MR) is 70.0 cm³/mol. The van der Waals surface area contributed by atoms with Gasteiger partial charge in [-0.3, -0.25) is 5.84 Å². The Morgan fingerprint density at radius 3 is 2.48 bits per heavy atom. The molecule has 0 amide bonds. The van der Waals surface area contributed by atoms with E-state index in [4.69, 9.17) is 15.3 Å². The largest absolute Gasteiger partial charge is 0.431 e. The molecule has 1 aromatic rings. The molecule has 3 N–H and O–H groups in total. The Bertz CT molecular complexity index is 657. The van der Waals surface area contributed by atoms with Crippen LogP contribution in [0.25, 0.3) is 0 Å². The van der Waals surface area contributed by atoms with Crippen molar-refractivity contribution in [1.29, 1.82) is 0 Å². The molecule has 0 radical (unpaired) electrons. The Balaban J connectivity index is 2.24. The molecule has 0 saturated heterocycles. The summed E-state index contributed by atoms with van der Waals surface area (Å²) in [5.41, 5.74) is -0.688. The van der Waals surface area contributed by atoms with E-state index in [1.807, 2.05) is 0 Å². The van der Waals surface area contributed by atoms with Crippen molar-refractivity contribution in [3.8, 4) is 0 Å². The van der Waals surface area contributed by atoms with Crippen LogP contribution in [0, 0.1) is 0 Å². The first kappa shape index (κ1) is 13.7. The molecular formula is C14H14N2O5. The lowest BCUT2D eigenvalue weighted by Gasteiger charge is -2.44. The molecule has 1 aliphatic carbocycles. The molecule has 1 aliphatic heterocycles. The summed E-state index contributed by atoms with van der Waals surface area (Å²) < 4.78 is 10.5. The number of nitrogens with two attached hydrogens (primary N) is 1. The second kappa shape index (κ2) is 4.39. The van der Waals surface area contributed by atoms with E-state index in [1.54, 1.807) is 24.3 Å². The van der Waals surface area contributed by atoms with Crippen molar-refractivity contribution in [3.05, 3.63) is 47.5 Å². The first-order chi connectivity index (χ1) is 9.89. The maximum absolute atomic E-state index is 11.8. The summed E-state index contributed by atoms with van der Waals surface area (Å²) in [4.78, 5) is 23.6. The van der Waals surface area contributed by atoms with Crippen LogP contribution >= 0.6 is 0 Å². The Kier molecular flexibility index (Phi) is 2.87. The molecule has 21 heavy (non-hydrogen) atoms. The van der Waals surface area contributed by atoms with Crippen LogP contribution in [0.3, 0.4) is 0 Å². The normalized spacial score (nSPS) is 32.6. The minimum atomic E-state index is -2.18. The van der Waals surface area contributed by atoms with Crippen LogP contribution in [0.4, 0.5) is 0 Å². The molecule has 0 spiro atoms. The van der Waals surface area contributed by atoms with Crippen molar-refractivity contribution in [2.75, 3.05) is 7.05 Å². The van der Waals surface area contributed by atoms with Crippen LogP contribution in [0.15, 0.2) is 36.4 Å². The molecule has 0 bridgehead atoms. The molecular weight excluding hydrogens is 276 g/mol. The number of carbonyl (C=O) groups is 2. The van der Waals surface area contributed by atoms with E-state index in [0.717, 1.165) is 17.2 Å². The average Bonchev–Trinajstić information content (AvgIpc) is 2.66. The molecule has 3 rings (SSSR count). The second-order valence-corrected chi connectivity index (χ2v) is 5.05. The topological polar surface area (TPSA) is 102 Å². The van der Waals surface area contributed by atoms with E-state index in [1.165, 1.54) is 7.05 Å². The second-order valence-electron chi connectivity index (χ2n) is 5.05. The lowest BCUT2D eigenvalue weighted by molar-refractivity contribution is -0.330. The summed E-state index contributed by atoms with van der Waals surface area (Å²) in [5, 5.41) is 12.1. The quantitative estimate of drug-likeness (QED) is 0.410. The van der Waals surface area contributed by atoms with Gasteiger partial charge in [-0.15, -0.1) is 0 Å². The van der Waals surface area contributed by atoms with Crippen LogP contribution in [-0.2, 0) is 31.3 Å². The number of ether oxygens (including phenoxy) is 2. The van der Waals surface area contributed by atoms with E-state index in [9.17, 15) is 14.7 Å². The van der Waals surface area contributed by atoms with Gasteiger partial charge in [-0.2, -0.15) is 0 Å². The van der Waals surface area contributed by atoms with Crippen LogP contribution in [0.5, 0.6) is 0 Å². The van der Waals surface area contributed by atoms with E-state index < -0.39 is 23.5 Å². The lowest BCUT2D eigenvalue weighted by Crippen LogP contribution is -2.66. The highest BCUT2D eigenvalue weighted by molar-refractivity contribution is 5.92. The SMILES string of the molecule is CN(N)C12Cc3ccccc3C1(O)OC(=O)/C=C/C(=O)O2. The fourth-order valence-electron chi connectivity index (χ4n) is 2.79. The molecule has 0 aromatic heterocycles. The predicted octanol–water partition coefficient (Wildman–Crippen LogP) is -0.454. The van der Waals surface area contributed by atoms with Crippen molar-refractivity contribution in [2.24, 2.45) is 5.84 Å². The molecule has 7 heteroatoms. The minimum absolute atomic E-state index is 0.0968. The summed E-state index contributed by atoms with van der Waals surface area (Å²) in [6.45, 7) is 0. The Morgan fingerprint density at radius 2 is 1.81 bits per heavy atom. The summed E-state index contributed by atoms with van der Waals surface area (Å²) in [5.74, 6) is 2.01. The molecule has 1 heterocycles. The molecule has 7 nitrogen and oxygen atoms in total. The van der Waals surface area contributed by atoms with Gasteiger partial charge >= 0.3 is 11.9 Å². The highest BCUT2D eigenvalue weighted by Crippen LogP contribution is 2.48. The number of likely N-dealkylation sites (N-methyl/N-ethyl adjacent to an activating group) is 1. The fraction of sp³-hybridized carbons (Fsp3) is 0.286. The summed E-state index contributed by atoms with van der Waals surface area (Å²) in [6, 6.07) is 6.81. The number of aliphatic hydroxyl groups is 1. The van der Waals surface area contributed by atoms with E-state index in [-0.39, 0.29) is 6.42 Å². The van der Waals surface area contributed by atoms with Gasteiger partial charge in [-0.25, -0.2) is 14.6 Å². The van der Waals surface area contributed by atoms with Gasteiger partial charge in [0.05, 0.1) is 0 Å². The van der Waals surface area contributed by atoms with Crippen molar-refractivity contribution in [1.82, 2.24) is 5.01 Å². The monoisotopic (exact) mass is 290 g/mol. The third-order valence-corrected chi connectivity index (χ3v) is 3.78. The summed E-state index contributed by atoms with van der Waals surface area (Å²) in [6.07, 6.45) is 1.94. The minimum Gasteiger partial charge on any atom is -0.431 e. The molecule has 0 fully saturated rings. The number of nitrogens with zero attached hydrogens (tertiary/aromatic N) is 1. The van der Waals surface area contributed by atoms with Gasteiger partial charge in [0.25, 0.3) is 11.5 Å². The molecule has 2 aliphatic rings. The van der Waals surface area contributed by atoms with Crippen LogP contribution in [0.2, 0.25) is 0 Å². The number of hydrazine groups is 1. The number of benzene rings is 1. The number of esters is 2. The van der Waals surface area contributed by atoms with E-state index in [2.05, 4.69) is 0 Å². The van der Waals surface area contributed by atoms with Gasteiger partial charge < -0.3 is 14.6 Å². The third kappa shape index (κ3) is 1.79. The van der Waals surface area contributed by atoms with Gasteiger partial charge in [0, 0.05) is 31.2 Å². The molecule has 2 atom stereocenters. The number of rotatable bonds is 1. The smallest absolute Gasteiger partial charge is 0.333 e. The maximum Gasteiger partial charge on any atom is 0.333 e. The zero-order valence-corrected chi connectivity index (χ0v) is 11.3. The van der Waals surface area contributed by atoms with Crippen molar-refractivity contribution in [2.45, 2.75) is 17.9 Å². The van der Waals surface area contributed by atoms with Gasteiger partial charge in [0.15, 0.2) is 0 Å². The van der Waals surface area contributed by atoms with Gasteiger partial charge in [-0.05, 0) is 5.56 Å². The zero-order chi connectivity index (χ0) is 15.3. The number of hydrogen-bond acceptors (Lipinski definition) is 7. The number of hydrogen-bond donors (Lipinski definition) is 2. The molecule has 110 valence electrons. The standard InChI is InChI=1S/C14H14N2O5/c1-16(15)13-8-9-4-2-3-5-10(9)14(13,19)21-12(18)7-6-11(17)20-13/h2-7,19H,8,15H2,1H3/b7-6+. The first-order valence-corrected chi connectivity index (χ1v) is 6.32. The highest BCUT2D eigenvalue weighted by atomic mass is 16.7. The summed E-state index contributed by atoms with van der Waals surface area (Å²) >= 11 is 0. The number of carbonyl (C=O) groups excluding carboxylic acids is 2. The van der Waals surface area contributed by atoms with Crippen LogP contribution in [-0.4, -0.2) is 34.8 Å². The van der Waals surface area contributed by atoms with Crippen molar-refractivity contribution < 1.29 is 24.2 Å². The fourth-order valence-corrected chi connectivity index (χ4v) is 2.79. The van der Waals surface area contributed by atoms with Crippen molar-refractivity contribution >= 4 is 11.9 Å². The van der Waals surface area contributed by atoms with E-state index >= 15 is 0 Å². The Hall–Kier alpha value is -2.22. The Labute approximate surface area is 120 Å². The first-order valence-electron chi connectivity index (χ1n) is 6.32. The van der Waals surface area contributed by atoms with Gasteiger partial charge in [0.1, 0.15) is 0 Å². The molecule has 1 aromatic carbocycles. The van der Waals surface area contributed by atoms with Crippen LogP contribution < -0.4 is 5.84 Å². The van der Waals surface area contributed by atoms with E-state index in [0.29, 0.717) is 11.1 Å². The molecule has 0 saturated carbocycles. The maximum atomic E-state index is 11.8. The summed E-state index contributed by atoms with van der Waals surface area (Å²) in [7, 11) is 1.43. The highest BCUT2D eigenvalue weighted by Gasteiger charge is 2.65. The Morgan fingerprint density at radius 1 is 1.19 bits per heavy atom. The van der Waals surface area contributed by atoms with Gasteiger partial charge in [-0.1, -0.05) is 24.3 Å². The average molecular weight is 290 g/mol.